The molecule has 2 aromatic rings. The van der Waals surface area contributed by atoms with Crippen LogP contribution in [0.5, 0.6) is 11.5 Å². The van der Waals surface area contributed by atoms with E-state index in [0.717, 1.165) is 5.56 Å². The number of esters is 2. The molecule has 29 heavy (non-hydrogen) atoms. The monoisotopic (exact) mass is 397 g/mol. The van der Waals surface area contributed by atoms with Gasteiger partial charge in [0.1, 0.15) is 0 Å². The fourth-order valence-corrected chi connectivity index (χ4v) is 2.53. The van der Waals surface area contributed by atoms with Crippen molar-refractivity contribution < 1.29 is 33.3 Å². The molecule has 1 aliphatic rings. The second-order valence-corrected chi connectivity index (χ2v) is 5.87. The maximum atomic E-state index is 12.1. The van der Waals surface area contributed by atoms with Crippen molar-refractivity contribution in [3.63, 3.8) is 0 Å². The van der Waals surface area contributed by atoms with Gasteiger partial charge in [0.2, 0.25) is 6.79 Å². The van der Waals surface area contributed by atoms with Gasteiger partial charge in [-0.15, -0.1) is 0 Å². The van der Waals surface area contributed by atoms with Crippen molar-refractivity contribution in [2.75, 3.05) is 25.3 Å². The second kappa shape index (κ2) is 9.41. The average molecular weight is 397 g/mol. The number of carbonyl (C=O) groups excluding carboxylic acids is 3. The summed E-state index contributed by atoms with van der Waals surface area (Å²) in [5.74, 6) is -0.570. The molecule has 8 nitrogen and oxygen atoms in total. The van der Waals surface area contributed by atoms with E-state index in [0.29, 0.717) is 11.5 Å². The number of hydrogen-bond acceptors (Lipinski definition) is 7. The van der Waals surface area contributed by atoms with Crippen molar-refractivity contribution in [1.82, 2.24) is 0 Å². The number of amides is 1. The van der Waals surface area contributed by atoms with Crippen molar-refractivity contribution in [2.45, 2.75) is 6.92 Å². The van der Waals surface area contributed by atoms with Crippen LogP contribution in [0.4, 0.5) is 5.69 Å². The number of benzene rings is 2. The zero-order valence-electron chi connectivity index (χ0n) is 15.7. The molecular weight excluding hydrogens is 378 g/mol. The molecule has 0 saturated carbocycles. The van der Waals surface area contributed by atoms with Gasteiger partial charge in [0.05, 0.1) is 17.9 Å². The molecule has 1 aliphatic heterocycles. The Morgan fingerprint density at radius 2 is 1.86 bits per heavy atom. The normalized spacial score (nSPS) is 11.9. The summed E-state index contributed by atoms with van der Waals surface area (Å²) in [7, 11) is 0. The minimum absolute atomic E-state index is 0.166. The van der Waals surface area contributed by atoms with E-state index in [9.17, 15) is 14.4 Å². The first-order chi connectivity index (χ1) is 14.1. The second-order valence-electron chi connectivity index (χ2n) is 5.87. The average Bonchev–Trinajstić information content (AvgIpc) is 3.19. The minimum Gasteiger partial charge on any atom is -0.462 e. The predicted octanol–water partition coefficient (Wildman–Crippen LogP) is 2.79. The van der Waals surface area contributed by atoms with Crippen LogP contribution in [0.25, 0.3) is 6.08 Å². The highest BCUT2D eigenvalue weighted by molar-refractivity contribution is 6.02. The topological polar surface area (TPSA) is 100 Å². The van der Waals surface area contributed by atoms with Crippen LogP contribution < -0.4 is 14.8 Å². The van der Waals surface area contributed by atoms with Gasteiger partial charge in [-0.2, -0.15) is 0 Å². The molecule has 0 saturated heterocycles. The van der Waals surface area contributed by atoms with Crippen LogP contribution in [-0.2, 0) is 19.1 Å². The summed E-state index contributed by atoms with van der Waals surface area (Å²) in [5.41, 5.74) is 1.22. The highest BCUT2D eigenvalue weighted by Gasteiger charge is 2.15. The van der Waals surface area contributed by atoms with E-state index in [1.807, 2.05) is 0 Å². The third-order valence-corrected chi connectivity index (χ3v) is 3.85. The van der Waals surface area contributed by atoms with Crippen LogP contribution in [0.2, 0.25) is 0 Å². The molecule has 1 N–H and O–H groups in total. The lowest BCUT2D eigenvalue weighted by atomic mass is 10.2. The number of nitrogens with one attached hydrogen (secondary N) is 1. The summed E-state index contributed by atoms with van der Waals surface area (Å²) in [6, 6.07) is 11.6. The Bertz CT molecular complexity index is 952. The fourth-order valence-electron chi connectivity index (χ4n) is 2.53. The van der Waals surface area contributed by atoms with Crippen LogP contribution in [0.15, 0.2) is 48.5 Å². The number of ether oxygens (including phenoxy) is 4. The number of anilines is 1. The Kier molecular flexibility index (Phi) is 6.47. The van der Waals surface area contributed by atoms with Crippen LogP contribution in [0.3, 0.4) is 0 Å². The number of rotatable bonds is 7. The van der Waals surface area contributed by atoms with E-state index in [2.05, 4.69) is 5.32 Å². The Morgan fingerprint density at radius 1 is 1.07 bits per heavy atom. The van der Waals surface area contributed by atoms with Crippen LogP contribution >= 0.6 is 0 Å². The van der Waals surface area contributed by atoms with Gasteiger partial charge in [0, 0.05) is 6.08 Å². The number of para-hydroxylation sites is 1. The summed E-state index contributed by atoms with van der Waals surface area (Å²) in [4.78, 5) is 35.8. The SMILES string of the molecule is CCOC(=O)c1ccccc1NC(=O)COC(=O)/C=C/c1ccc2c(c1)OCO2. The van der Waals surface area contributed by atoms with Gasteiger partial charge in [0.25, 0.3) is 5.91 Å². The quantitative estimate of drug-likeness (QED) is 0.566. The Morgan fingerprint density at radius 3 is 2.69 bits per heavy atom. The summed E-state index contributed by atoms with van der Waals surface area (Å²) in [5, 5.41) is 2.54. The van der Waals surface area contributed by atoms with Crippen molar-refractivity contribution in [3.8, 4) is 11.5 Å². The van der Waals surface area contributed by atoms with Gasteiger partial charge in [-0.05, 0) is 42.8 Å². The molecule has 3 rings (SSSR count). The van der Waals surface area contributed by atoms with E-state index in [-0.39, 0.29) is 24.7 Å². The zero-order valence-corrected chi connectivity index (χ0v) is 15.7. The molecule has 0 fully saturated rings. The molecule has 0 unspecified atom stereocenters. The zero-order chi connectivity index (χ0) is 20.6. The van der Waals surface area contributed by atoms with E-state index in [1.54, 1.807) is 43.3 Å². The largest absolute Gasteiger partial charge is 0.462 e. The molecular formula is C21H19NO7. The Labute approximate surface area is 167 Å². The Balaban J connectivity index is 1.52. The molecule has 0 aliphatic carbocycles. The van der Waals surface area contributed by atoms with E-state index in [1.165, 1.54) is 18.2 Å². The van der Waals surface area contributed by atoms with Crippen LogP contribution in [0, 0.1) is 0 Å². The van der Waals surface area contributed by atoms with Gasteiger partial charge < -0.3 is 24.3 Å². The van der Waals surface area contributed by atoms with Gasteiger partial charge in [0.15, 0.2) is 18.1 Å². The molecule has 0 spiro atoms. The molecule has 0 bridgehead atoms. The molecule has 0 atom stereocenters. The van der Waals surface area contributed by atoms with Crippen molar-refractivity contribution in [2.24, 2.45) is 0 Å². The predicted molar refractivity (Wildman–Crippen MR) is 104 cm³/mol. The lowest BCUT2D eigenvalue weighted by molar-refractivity contribution is -0.142. The minimum atomic E-state index is -0.684. The third-order valence-electron chi connectivity index (χ3n) is 3.85. The maximum absolute atomic E-state index is 12.1. The molecule has 1 heterocycles. The van der Waals surface area contributed by atoms with Gasteiger partial charge in [-0.3, -0.25) is 4.79 Å². The van der Waals surface area contributed by atoms with Gasteiger partial charge in [-0.25, -0.2) is 9.59 Å². The first-order valence-corrected chi connectivity index (χ1v) is 8.87. The molecule has 8 heteroatoms. The fraction of sp³-hybridized carbons (Fsp3) is 0.190. The number of carbonyl (C=O) groups is 3. The first kappa shape index (κ1) is 19.9. The number of fused-ring (bicyclic) bond motifs is 1. The third kappa shape index (κ3) is 5.35. The maximum Gasteiger partial charge on any atom is 0.340 e. The standard InChI is InChI=1S/C21H19NO7/c1-2-26-21(25)15-5-3-4-6-16(15)22-19(23)12-27-20(24)10-8-14-7-9-17-18(11-14)29-13-28-17/h3-11H,2,12-13H2,1H3,(H,22,23)/b10-8+. The van der Waals surface area contributed by atoms with E-state index >= 15 is 0 Å². The van der Waals surface area contributed by atoms with Crippen molar-refractivity contribution >= 4 is 29.6 Å². The lowest BCUT2D eigenvalue weighted by Crippen LogP contribution is -2.21. The van der Waals surface area contributed by atoms with Crippen molar-refractivity contribution in [3.05, 3.63) is 59.7 Å². The first-order valence-electron chi connectivity index (χ1n) is 8.87. The highest BCUT2D eigenvalue weighted by atomic mass is 16.7. The smallest absolute Gasteiger partial charge is 0.340 e. The molecule has 150 valence electrons. The lowest BCUT2D eigenvalue weighted by Gasteiger charge is -2.10. The molecule has 0 radical (unpaired) electrons. The molecule has 0 aromatic heterocycles. The number of hydrogen-bond donors (Lipinski definition) is 1. The summed E-state index contributed by atoms with van der Waals surface area (Å²) in [6.45, 7) is 1.57. The van der Waals surface area contributed by atoms with E-state index < -0.39 is 24.5 Å². The van der Waals surface area contributed by atoms with Crippen LogP contribution in [-0.4, -0.2) is 37.9 Å². The molecule has 1 amide bonds. The van der Waals surface area contributed by atoms with Crippen molar-refractivity contribution in [1.29, 1.82) is 0 Å². The highest BCUT2D eigenvalue weighted by Crippen LogP contribution is 2.32. The summed E-state index contributed by atoms with van der Waals surface area (Å²) in [6.07, 6.45) is 2.75. The van der Waals surface area contributed by atoms with E-state index in [4.69, 9.17) is 18.9 Å². The van der Waals surface area contributed by atoms with Crippen LogP contribution in [0.1, 0.15) is 22.8 Å². The van der Waals surface area contributed by atoms with Gasteiger partial charge >= 0.3 is 11.9 Å². The summed E-state index contributed by atoms with van der Waals surface area (Å²) >= 11 is 0. The molecule has 2 aromatic carbocycles. The summed E-state index contributed by atoms with van der Waals surface area (Å²) < 4.78 is 20.4. The van der Waals surface area contributed by atoms with Gasteiger partial charge in [-0.1, -0.05) is 18.2 Å². The Hall–Kier alpha value is -3.81.